The van der Waals surface area contributed by atoms with E-state index in [1.807, 2.05) is 0 Å². The number of rotatable bonds is 7. The van der Waals surface area contributed by atoms with E-state index in [2.05, 4.69) is 4.98 Å². The molecule has 0 spiro atoms. The number of likely N-dealkylation sites (N-methyl/N-ethyl adjacent to an activating group) is 1. The van der Waals surface area contributed by atoms with Crippen LogP contribution in [0.25, 0.3) is 0 Å². The summed E-state index contributed by atoms with van der Waals surface area (Å²) >= 11 is -0.883. The summed E-state index contributed by atoms with van der Waals surface area (Å²) in [5, 5.41) is 9.20. The third-order valence-electron chi connectivity index (χ3n) is 2.87. The minimum absolute atomic E-state index is 0.112. The van der Waals surface area contributed by atoms with E-state index in [1.54, 1.807) is 25.9 Å². The predicted molar refractivity (Wildman–Crippen MR) is 81.3 cm³/mol. The Morgan fingerprint density at radius 1 is 1.43 bits per heavy atom. The summed E-state index contributed by atoms with van der Waals surface area (Å²) in [6.07, 6.45) is 0.230. The summed E-state index contributed by atoms with van der Waals surface area (Å²) in [4.78, 5) is 39.9. The molecule has 0 amide bonds. The van der Waals surface area contributed by atoms with Crippen LogP contribution in [0.2, 0.25) is 0 Å². The Bertz CT molecular complexity index is 586. The number of carbonyl (C=O) groups excluding carboxylic acids is 2. The molecule has 0 saturated heterocycles. The molecule has 1 heterocycles. The fourth-order valence-electron chi connectivity index (χ4n) is 1.75. The van der Waals surface area contributed by atoms with Crippen LogP contribution in [-0.4, -0.2) is 85.3 Å². The van der Waals surface area contributed by atoms with Gasteiger partial charge in [0.05, 0.1) is 0 Å². The van der Waals surface area contributed by atoms with Crippen molar-refractivity contribution in [1.29, 1.82) is 0 Å². The molecule has 0 aliphatic rings. The van der Waals surface area contributed by atoms with Crippen LogP contribution in [0.4, 0.5) is 9.59 Å². The molecule has 1 aromatic rings. The number of carbonyl (C=O) groups is 3. The molecular weight excluding hydrogens is 373 g/mol. The molecule has 10 heteroatoms. The van der Waals surface area contributed by atoms with Crippen LogP contribution in [0.1, 0.15) is 12.6 Å². The van der Waals surface area contributed by atoms with Gasteiger partial charge in [-0.15, -0.1) is 0 Å². The van der Waals surface area contributed by atoms with Crippen LogP contribution in [0.5, 0.6) is 0 Å². The van der Waals surface area contributed by atoms with Crippen molar-refractivity contribution in [1.82, 2.24) is 14.5 Å². The molecule has 0 aromatic carbocycles. The summed E-state index contributed by atoms with van der Waals surface area (Å²) in [5.74, 6) is -0.447. The fourth-order valence-corrected chi connectivity index (χ4v) is 3.26. The molecule has 9 nitrogen and oxygen atoms in total. The van der Waals surface area contributed by atoms with E-state index in [4.69, 9.17) is 9.47 Å². The predicted octanol–water partition coefficient (Wildman–Crippen LogP) is -0.459. The minimum atomic E-state index is -1.25. The Kier molecular flexibility index (Phi) is 7.21. The average molecular weight is 392 g/mol. The summed E-state index contributed by atoms with van der Waals surface area (Å²) < 4.78 is 10.5. The van der Waals surface area contributed by atoms with Crippen molar-refractivity contribution in [2.45, 2.75) is 19.4 Å². The number of imidazole rings is 1. The molecule has 0 fully saturated rings. The van der Waals surface area contributed by atoms with Gasteiger partial charge in [0.1, 0.15) is 0 Å². The van der Waals surface area contributed by atoms with Gasteiger partial charge in [-0.2, -0.15) is 0 Å². The molecule has 0 saturated carbocycles. The van der Waals surface area contributed by atoms with Crippen molar-refractivity contribution in [2.24, 2.45) is 0 Å². The quantitative estimate of drug-likeness (QED) is 0.490. The molecule has 0 aliphatic carbocycles. The second kappa shape index (κ2) is 8.66. The molecule has 0 bridgehead atoms. The molecule has 23 heavy (non-hydrogen) atoms. The Morgan fingerprint density at radius 3 is 2.57 bits per heavy atom. The third-order valence-corrected chi connectivity index (χ3v) is 4.45. The SMILES string of the molecule is CCOC(=O)[Se]c1nc(CC(C(=O)OC)N(C)C)cn1C(=O)O. The van der Waals surface area contributed by atoms with Crippen molar-refractivity contribution < 1.29 is 29.0 Å². The number of esters is 1. The van der Waals surface area contributed by atoms with E-state index < -0.39 is 37.9 Å². The van der Waals surface area contributed by atoms with E-state index >= 15 is 0 Å². The molecule has 0 radical (unpaired) electrons. The average Bonchev–Trinajstić information content (AvgIpc) is 2.86. The van der Waals surface area contributed by atoms with Crippen molar-refractivity contribution in [3.05, 3.63) is 11.9 Å². The van der Waals surface area contributed by atoms with Crippen molar-refractivity contribution >= 4 is 36.6 Å². The summed E-state index contributed by atoms with van der Waals surface area (Å²) in [5.41, 5.74) is 0.387. The van der Waals surface area contributed by atoms with Gasteiger partial charge in [-0.1, -0.05) is 0 Å². The molecular formula is C13H19N3O6Se. The molecule has 1 unspecified atom stereocenters. The Labute approximate surface area is 139 Å². The number of carboxylic acid groups (broad SMARTS) is 1. The van der Waals surface area contributed by atoms with Crippen LogP contribution in [0, 0.1) is 0 Å². The van der Waals surface area contributed by atoms with Gasteiger partial charge in [0.15, 0.2) is 0 Å². The number of hydrogen-bond donors (Lipinski definition) is 1. The topological polar surface area (TPSA) is 111 Å². The van der Waals surface area contributed by atoms with Crippen LogP contribution in [0.3, 0.4) is 0 Å². The number of hydrogen-bond acceptors (Lipinski definition) is 7. The van der Waals surface area contributed by atoms with E-state index in [0.717, 1.165) is 4.57 Å². The second-order valence-corrected chi connectivity index (χ2v) is 6.55. The maximum absolute atomic E-state index is 11.8. The number of ether oxygens (including phenoxy) is 2. The molecule has 1 aromatic heterocycles. The fraction of sp³-hybridized carbons (Fsp3) is 0.538. The molecule has 1 N–H and O–H groups in total. The van der Waals surface area contributed by atoms with E-state index in [1.165, 1.54) is 13.3 Å². The van der Waals surface area contributed by atoms with Gasteiger partial charge in [0.25, 0.3) is 0 Å². The van der Waals surface area contributed by atoms with E-state index in [-0.39, 0.29) is 17.8 Å². The number of methoxy groups -OCH3 is 1. The first-order chi connectivity index (χ1) is 10.8. The van der Waals surface area contributed by atoms with Gasteiger partial charge >= 0.3 is 139 Å². The van der Waals surface area contributed by atoms with Gasteiger partial charge in [-0.25, -0.2) is 0 Å². The van der Waals surface area contributed by atoms with Gasteiger partial charge in [0, 0.05) is 0 Å². The van der Waals surface area contributed by atoms with Gasteiger partial charge in [-0.3, -0.25) is 0 Å². The maximum atomic E-state index is 11.8. The summed E-state index contributed by atoms with van der Waals surface area (Å²) in [6, 6.07) is -0.597. The van der Waals surface area contributed by atoms with Crippen LogP contribution in [0.15, 0.2) is 6.20 Å². The van der Waals surface area contributed by atoms with Crippen LogP contribution >= 0.6 is 0 Å². The molecule has 0 aliphatic heterocycles. The number of nitrogens with zero attached hydrogens (tertiary/aromatic N) is 3. The number of aromatic nitrogens is 2. The van der Waals surface area contributed by atoms with Crippen molar-refractivity contribution in [3.8, 4) is 0 Å². The zero-order valence-electron chi connectivity index (χ0n) is 13.3. The third kappa shape index (κ3) is 5.34. The molecule has 1 atom stereocenters. The summed E-state index contributed by atoms with van der Waals surface area (Å²) in [7, 11) is 4.70. The Morgan fingerprint density at radius 2 is 2.09 bits per heavy atom. The zero-order valence-corrected chi connectivity index (χ0v) is 15.0. The Hall–Kier alpha value is -1.90. The van der Waals surface area contributed by atoms with Gasteiger partial charge in [0.2, 0.25) is 0 Å². The van der Waals surface area contributed by atoms with Crippen LogP contribution < -0.4 is 4.72 Å². The van der Waals surface area contributed by atoms with Crippen LogP contribution in [-0.2, 0) is 20.7 Å². The first kappa shape index (κ1) is 19.1. The normalized spacial score (nSPS) is 12.0. The van der Waals surface area contributed by atoms with E-state index in [9.17, 15) is 19.5 Å². The zero-order chi connectivity index (χ0) is 17.6. The first-order valence-electron chi connectivity index (χ1n) is 6.70. The van der Waals surface area contributed by atoms with E-state index in [0.29, 0.717) is 5.69 Å². The second-order valence-electron chi connectivity index (χ2n) is 4.66. The first-order valence-corrected chi connectivity index (χ1v) is 8.41. The van der Waals surface area contributed by atoms with Gasteiger partial charge < -0.3 is 0 Å². The molecule has 1 rings (SSSR count). The van der Waals surface area contributed by atoms with Crippen molar-refractivity contribution in [2.75, 3.05) is 27.8 Å². The Balaban J connectivity index is 3.02. The van der Waals surface area contributed by atoms with Crippen molar-refractivity contribution in [3.63, 3.8) is 0 Å². The standard InChI is InChI=1S/C13H19N3O6Se/c1-5-22-13(20)23-11-14-8(7-16(11)12(18)19)6-9(15(2)3)10(17)21-4/h7,9H,5-6H2,1-4H3,(H,18,19). The molecule has 128 valence electrons. The summed E-state index contributed by atoms with van der Waals surface area (Å²) in [6.45, 7) is 1.88. The van der Waals surface area contributed by atoms with Gasteiger partial charge in [-0.05, 0) is 0 Å². The monoisotopic (exact) mass is 393 g/mol.